The molecule has 0 N–H and O–H groups in total. The molecule has 0 bridgehead atoms. The number of esters is 1. The number of aromatic nitrogens is 1. The average Bonchev–Trinajstić information content (AvgIpc) is 3.00. The molecule has 0 radical (unpaired) electrons. The van der Waals surface area contributed by atoms with Gasteiger partial charge in [0.25, 0.3) is 0 Å². The number of benzene rings is 2. The largest absolute Gasteiger partial charge is 0.421 e. The number of aryl methyl sites for hydroxylation is 1. The zero-order chi connectivity index (χ0) is 15.5. The fraction of sp³-hybridized carbons (Fsp3) is 0.0588. The molecule has 22 heavy (non-hydrogen) atoms. The fourth-order valence-electron chi connectivity index (χ4n) is 1.94. The summed E-state index contributed by atoms with van der Waals surface area (Å²) in [6, 6.07) is 15.9. The van der Waals surface area contributed by atoms with E-state index in [4.69, 9.17) is 20.9 Å². The fourth-order valence-corrected chi connectivity index (χ4v) is 2.07. The Balaban J connectivity index is 1.80. The van der Waals surface area contributed by atoms with Gasteiger partial charge in [0.2, 0.25) is 0 Å². The number of ether oxygens (including phenoxy) is 1. The van der Waals surface area contributed by atoms with E-state index in [1.807, 2.05) is 19.1 Å². The topological polar surface area (TPSA) is 52.3 Å². The lowest BCUT2D eigenvalue weighted by molar-refractivity contribution is 0.0723. The van der Waals surface area contributed by atoms with Gasteiger partial charge in [-0.1, -0.05) is 35.0 Å². The Morgan fingerprint density at radius 1 is 1.14 bits per heavy atom. The minimum atomic E-state index is -0.557. The number of halogens is 1. The van der Waals surface area contributed by atoms with Crippen LogP contribution in [0.1, 0.15) is 16.1 Å². The zero-order valence-electron chi connectivity index (χ0n) is 11.7. The number of hydrogen-bond acceptors (Lipinski definition) is 4. The van der Waals surface area contributed by atoms with Crippen LogP contribution in [0.3, 0.4) is 0 Å². The molecule has 3 aromatic rings. The summed E-state index contributed by atoms with van der Waals surface area (Å²) in [6.07, 6.45) is 0. The second-order valence-electron chi connectivity index (χ2n) is 4.74. The van der Waals surface area contributed by atoms with E-state index < -0.39 is 5.97 Å². The molecule has 3 rings (SSSR count). The minimum absolute atomic E-state index is 0.119. The van der Waals surface area contributed by atoms with E-state index in [9.17, 15) is 4.79 Å². The Labute approximate surface area is 132 Å². The van der Waals surface area contributed by atoms with Crippen molar-refractivity contribution in [3.63, 3.8) is 0 Å². The van der Waals surface area contributed by atoms with Gasteiger partial charge >= 0.3 is 5.97 Å². The number of carbonyl (C=O) groups excluding carboxylic acids is 1. The van der Waals surface area contributed by atoms with Crippen molar-refractivity contribution in [3.8, 4) is 17.1 Å². The average molecular weight is 314 g/mol. The predicted octanol–water partition coefficient (Wildman–Crippen LogP) is 4.52. The van der Waals surface area contributed by atoms with Crippen molar-refractivity contribution in [1.29, 1.82) is 0 Å². The predicted molar refractivity (Wildman–Crippen MR) is 83.1 cm³/mol. The molecule has 0 spiro atoms. The lowest BCUT2D eigenvalue weighted by Gasteiger charge is -2.04. The minimum Gasteiger partial charge on any atom is -0.421 e. The van der Waals surface area contributed by atoms with Crippen LogP contribution in [0.15, 0.2) is 59.1 Å². The highest BCUT2D eigenvalue weighted by Gasteiger charge is 2.16. The second-order valence-corrected chi connectivity index (χ2v) is 5.17. The molecule has 1 aromatic heterocycles. The molecule has 110 valence electrons. The molecule has 0 unspecified atom stereocenters. The third kappa shape index (κ3) is 3.02. The Kier molecular flexibility index (Phi) is 3.94. The first-order valence-electron chi connectivity index (χ1n) is 6.64. The molecule has 5 heteroatoms. The number of nitrogens with zero attached hydrogens (tertiary/aromatic N) is 1. The molecule has 0 aliphatic carbocycles. The summed E-state index contributed by atoms with van der Waals surface area (Å²) in [4.78, 5) is 12.1. The molecule has 0 amide bonds. The number of para-hydroxylation sites is 1. The summed E-state index contributed by atoms with van der Waals surface area (Å²) in [5.74, 6) is 0.426. The molecule has 0 atom stereocenters. The first kappa shape index (κ1) is 14.4. The number of hydrogen-bond donors (Lipinski definition) is 0. The Hall–Kier alpha value is -2.59. The van der Waals surface area contributed by atoms with Gasteiger partial charge in [0, 0.05) is 16.7 Å². The van der Waals surface area contributed by atoms with Gasteiger partial charge in [0.1, 0.15) is 5.75 Å². The van der Waals surface area contributed by atoms with E-state index >= 15 is 0 Å². The summed E-state index contributed by atoms with van der Waals surface area (Å²) in [5, 5.41) is 4.39. The third-order valence-electron chi connectivity index (χ3n) is 3.14. The third-order valence-corrected chi connectivity index (χ3v) is 3.40. The molecule has 0 aliphatic heterocycles. The van der Waals surface area contributed by atoms with Crippen molar-refractivity contribution in [2.75, 3.05) is 0 Å². The van der Waals surface area contributed by atoms with Gasteiger partial charge in [-0.25, -0.2) is 4.79 Å². The number of rotatable bonds is 3. The molecular weight excluding hydrogens is 302 g/mol. The van der Waals surface area contributed by atoms with Crippen LogP contribution in [-0.2, 0) is 0 Å². The Morgan fingerprint density at radius 2 is 1.86 bits per heavy atom. The van der Waals surface area contributed by atoms with Crippen LogP contribution >= 0.6 is 11.6 Å². The molecule has 0 saturated heterocycles. The molecule has 0 saturated carbocycles. The van der Waals surface area contributed by atoms with E-state index in [1.165, 1.54) is 0 Å². The Morgan fingerprint density at radius 3 is 2.59 bits per heavy atom. The van der Waals surface area contributed by atoms with Crippen molar-refractivity contribution in [2.45, 2.75) is 6.92 Å². The molecule has 0 aliphatic rings. The first-order valence-corrected chi connectivity index (χ1v) is 7.02. The molecule has 0 fully saturated rings. The van der Waals surface area contributed by atoms with Gasteiger partial charge in [-0.2, -0.15) is 0 Å². The Bertz CT molecular complexity index is 809. The van der Waals surface area contributed by atoms with Crippen LogP contribution < -0.4 is 4.74 Å². The SMILES string of the molecule is Cc1ccccc1OC(=O)c1cc(-c2ccc(Cl)cc2)on1. The van der Waals surface area contributed by atoms with Crippen LogP contribution in [0.2, 0.25) is 5.02 Å². The first-order chi connectivity index (χ1) is 10.6. The maximum atomic E-state index is 12.1. The lowest BCUT2D eigenvalue weighted by atomic mass is 10.1. The summed E-state index contributed by atoms with van der Waals surface area (Å²) < 4.78 is 10.5. The van der Waals surface area contributed by atoms with Crippen LogP contribution in [0.25, 0.3) is 11.3 Å². The van der Waals surface area contributed by atoms with E-state index in [0.29, 0.717) is 16.5 Å². The monoisotopic (exact) mass is 313 g/mol. The van der Waals surface area contributed by atoms with Crippen LogP contribution in [-0.4, -0.2) is 11.1 Å². The second kappa shape index (κ2) is 6.03. The smallest absolute Gasteiger partial charge is 0.365 e. The van der Waals surface area contributed by atoms with Gasteiger partial charge in [0.05, 0.1) is 0 Å². The molecule has 4 nitrogen and oxygen atoms in total. The van der Waals surface area contributed by atoms with Crippen LogP contribution in [0.4, 0.5) is 0 Å². The van der Waals surface area contributed by atoms with Crippen molar-refractivity contribution in [3.05, 3.63) is 70.9 Å². The van der Waals surface area contributed by atoms with Crippen molar-refractivity contribution >= 4 is 17.6 Å². The van der Waals surface area contributed by atoms with E-state index in [2.05, 4.69) is 5.16 Å². The van der Waals surface area contributed by atoms with Gasteiger partial charge in [-0.15, -0.1) is 0 Å². The van der Waals surface area contributed by atoms with Crippen molar-refractivity contribution in [1.82, 2.24) is 5.16 Å². The lowest BCUT2D eigenvalue weighted by Crippen LogP contribution is -2.09. The molecular formula is C17H12ClNO3. The maximum Gasteiger partial charge on any atom is 0.365 e. The standard InChI is InChI=1S/C17H12ClNO3/c1-11-4-2-3-5-15(11)21-17(20)14-10-16(22-19-14)12-6-8-13(18)9-7-12/h2-10H,1H3. The maximum absolute atomic E-state index is 12.1. The molecule has 1 heterocycles. The van der Waals surface area contributed by atoms with Crippen molar-refractivity contribution in [2.24, 2.45) is 0 Å². The normalized spacial score (nSPS) is 10.5. The van der Waals surface area contributed by atoms with Gasteiger partial charge in [0.15, 0.2) is 11.5 Å². The van der Waals surface area contributed by atoms with Gasteiger partial charge in [-0.05, 0) is 42.8 Å². The highest BCUT2D eigenvalue weighted by atomic mass is 35.5. The van der Waals surface area contributed by atoms with Gasteiger partial charge < -0.3 is 9.26 Å². The summed E-state index contributed by atoms with van der Waals surface area (Å²) in [7, 11) is 0. The van der Waals surface area contributed by atoms with Crippen LogP contribution in [0.5, 0.6) is 5.75 Å². The quantitative estimate of drug-likeness (QED) is 0.527. The highest BCUT2D eigenvalue weighted by Crippen LogP contribution is 2.23. The summed E-state index contributed by atoms with van der Waals surface area (Å²) in [6.45, 7) is 1.87. The van der Waals surface area contributed by atoms with E-state index in [0.717, 1.165) is 11.1 Å². The summed E-state index contributed by atoms with van der Waals surface area (Å²) >= 11 is 5.84. The van der Waals surface area contributed by atoms with Crippen molar-refractivity contribution < 1.29 is 14.1 Å². The van der Waals surface area contributed by atoms with Crippen LogP contribution in [0, 0.1) is 6.92 Å². The van der Waals surface area contributed by atoms with E-state index in [-0.39, 0.29) is 5.69 Å². The summed E-state index contributed by atoms with van der Waals surface area (Å²) in [5.41, 5.74) is 1.78. The highest BCUT2D eigenvalue weighted by molar-refractivity contribution is 6.30. The zero-order valence-corrected chi connectivity index (χ0v) is 12.5. The van der Waals surface area contributed by atoms with Gasteiger partial charge in [-0.3, -0.25) is 0 Å². The van der Waals surface area contributed by atoms with E-state index in [1.54, 1.807) is 42.5 Å². The number of carbonyl (C=O) groups is 1. The molecule has 2 aromatic carbocycles.